The third kappa shape index (κ3) is 3.48. The van der Waals surface area contributed by atoms with Gasteiger partial charge in [-0.3, -0.25) is 9.69 Å². The van der Waals surface area contributed by atoms with E-state index >= 15 is 0 Å². The van der Waals surface area contributed by atoms with Crippen LogP contribution in [0.5, 0.6) is 0 Å². The Morgan fingerprint density at radius 3 is 2.29 bits per heavy atom. The third-order valence-electron chi connectivity index (χ3n) is 5.47. The Kier molecular flexibility index (Phi) is 4.99. The van der Waals surface area contributed by atoms with Crippen LogP contribution in [0, 0.1) is 6.92 Å². The summed E-state index contributed by atoms with van der Waals surface area (Å²) >= 11 is 1.27. The third-order valence-corrected chi connectivity index (χ3v) is 6.39. The fourth-order valence-corrected chi connectivity index (χ4v) is 4.62. The van der Waals surface area contributed by atoms with Gasteiger partial charge in [-0.15, -0.1) is 10.2 Å². The molecule has 2 aromatic heterocycles. The molecule has 31 heavy (non-hydrogen) atoms. The summed E-state index contributed by atoms with van der Waals surface area (Å²) in [5, 5.41) is 8.83. The first-order valence-electron chi connectivity index (χ1n) is 10.00. The minimum atomic E-state index is -0.0316. The first-order valence-corrected chi connectivity index (χ1v) is 11.0. The number of para-hydroxylation sites is 2. The molecule has 0 radical (unpaired) electrons. The average molecular weight is 432 g/mol. The molecule has 0 spiro atoms. The van der Waals surface area contributed by atoms with Crippen LogP contribution in [0.2, 0.25) is 0 Å². The van der Waals surface area contributed by atoms with Gasteiger partial charge in [0.2, 0.25) is 11.1 Å². The van der Waals surface area contributed by atoms with Crippen molar-refractivity contribution in [2.24, 2.45) is 0 Å². The van der Waals surface area contributed by atoms with Crippen molar-refractivity contribution in [2.45, 2.75) is 24.9 Å². The van der Waals surface area contributed by atoms with Crippen molar-refractivity contribution in [3.8, 4) is 11.4 Å². The van der Waals surface area contributed by atoms with E-state index in [4.69, 9.17) is 10.3 Å². The number of anilines is 2. The number of hydrogen-bond donors (Lipinski definition) is 1. The van der Waals surface area contributed by atoms with Gasteiger partial charge in [-0.2, -0.15) is 0 Å². The van der Waals surface area contributed by atoms with Crippen LogP contribution in [0.3, 0.4) is 0 Å². The summed E-state index contributed by atoms with van der Waals surface area (Å²) in [5.74, 6) is 7.58. The largest absolute Gasteiger partial charge is 0.469 e. The van der Waals surface area contributed by atoms with Crippen LogP contribution in [0.15, 0.2) is 70.4 Å². The standard InChI is InChI=1S/C23H21N5O2S/c1-15-18(12-13-30-15)22-25-26-23(28(22)24)31-14-21(29)27-19-8-4-2-6-16(19)10-11-17-7-3-5-9-20(17)27/h2-9,12-13H,10-11,14,24H2,1H3. The molecule has 156 valence electrons. The molecule has 5 rings (SSSR count). The highest BCUT2D eigenvalue weighted by atomic mass is 32.2. The molecule has 0 saturated heterocycles. The Morgan fingerprint density at radius 2 is 1.68 bits per heavy atom. The van der Waals surface area contributed by atoms with E-state index in [9.17, 15) is 4.79 Å². The number of nitrogens with zero attached hydrogens (tertiary/aromatic N) is 4. The molecule has 0 saturated carbocycles. The van der Waals surface area contributed by atoms with E-state index in [2.05, 4.69) is 22.3 Å². The van der Waals surface area contributed by atoms with E-state index in [0.717, 1.165) is 40.9 Å². The van der Waals surface area contributed by atoms with Gasteiger partial charge in [0, 0.05) is 0 Å². The highest BCUT2D eigenvalue weighted by Gasteiger charge is 2.26. The van der Waals surface area contributed by atoms with Crippen LogP contribution >= 0.6 is 11.8 Å². The molecule has 8 heteroatoms. The number of rotatable bonds is 4. The summed E-state index contributed by atoms with van der Waals surface area (Å²) in [5.41, 5.74) is 4.97. The molecule has 0 atom stereocenters. The minimum Gasteiger partial charge on any atom is -0.469 e. The number of nitrogen functional groups attached to an aromatic ring is 1. The Bertz CT molecular complexity index is 1210. The first kappa shape index (κ1) is 19.4. The number of aromatic nitrogens is 3. The fraction of sp³-hybridized carbons (Fsp3) is 0.174. The van der Waals surface area contributed by atoms with Gasteiger partial charge in [0.15, 0.2) is 5.82 Å². The molecule has 0 aliphatic carbocycles. The Balaban J connectivity index is 1.43. The second kappa shape index (κ2) is 7.96. The van der Waals surface area contributed by atoms with Crippen molar-refractivity contribution in [2.75, 3.05) is 16.5 Å². The van der Waals surface area contributed by atoms with Crippen LogP contribution in [0.25, 0.3) is 11.4 Å². The predicted molar refractivity (Wildman–Crippen MR) is 121 cm³/mol. The molecule has 0 unspecified atom stereocenters. The maximum absolute atomic E-state index is 13.4. The normalized spacial score (nSPS) is 12.9. The first-order chi connectivity index (χ1) is 15.1. The van der Waals surface area contributed by atoms with Crippen molar-refractivity contribution in [3.63, 3.8) is 0 Å². The summed E-state index contributed by atoms with van der Waals surface area (Å²) in [6.07, 6.45) is 3.38. The highest BCUT2D eigenvalue weighted by Crippen LogP contribution is 2.36. The lowest BCUT2D eigenvalue weighted by Gasteiger charge is -2.24. The number of carbonyl (C=O) groups excluding carboxylic acids is 1. The number of aryl methyl sites for hydroxylation is 3. The SMILES string of the molecule is Cc1occc1-c1nnc(SCC(=O)N2c3ccccc3CCc3ccccc32)n1N. The van der Waals surface area contributed by atoms with Gasteiger partial charge in [0.1, 0.15) is 5.76 Å². The minimum absolute atomic E-state index is 0.0316. The number of amides is 1. The van der Waals surface area contributed by atoms with Crippen LogP contribution in [-0.2, 0) is 17.6 Å². The molecule has 1 amide bonds. The smallest absolute Gasteiger partial charge is 0.242 e. The van der Waals surface area contributed by atoms with Crippen LogP contribution < -0.4 is 10.7 Å². The number of nitrogens with two attached hydrogens (primary N) is 1. The lowest BCUT2D eigenvalue weighted by atomic mass is 10.0. The number of benzene rings is 2. The monoisotopic (exact) mass is 431 g/mol. The topological polar surface area (TPSA) is 90.2 Å². The summed E-state index contributed by atoms with van der Waals surface area (Å²) in [6.45, 7) is 1.84. The van der Waals surface area contributed by atoms with Gasteiger partial charge < -0.3 is 10.3 Å². The molecular formula is C23H21N5O2S. The zero-order chi connectivity index (χ0) is 21.4. The van der Waals surface area contributed by atoms with E-state index in [-0.39, 0.29) is 11.7 Å². The lowest BCUT2D eigenvalue weighted by molar-refractivity contribution is -0.115. The zero-order valence-electron chi connectivity index (χ0n) is 17.0. The van der Waals surface area contributed by atoms with Crippen LogP contribution in [-0.4, -0.2) is 26.5 Å². The zero-order valence-corrected chi connectivity index (χ0v) is 17.8. The fourth-order valence-electron chi connectivity index (χ4n) is 3.92. The molecule has 0 fully saturated rings. The summed E-state index contributed by atoms with van der Waals surface area (Å²) in [6, 6.07) is 18.0. The molecule has 1 aliphatic heterocycles. The Labute approximate surface area is 183 Å². The summed E-state index contributed by atoms with van der Waals surface area (Å²) in [7, 11) is 0. The van der Waals surface area contributed by atoms with Crippen molar-refractivity contribution in [3.05, 3.63) is 77.7 Å². The predicted octanol–water partition coefficient (Wildman–Crippen LogP) is 4.12. The lowest BCUT2D eigenvalue weighted by Crippen LogP contribution is -2.28. The molecule has 1 aliphatic rings. The van der Waals surface area contributed by atoms with E-state index in [1.165, 1.54) is 16.4 Å². The Morgan fingerprint density at radius 1 is 1.03 bits per heavy atom. The number of hydrogen-bond acceptors (Lipinski definition) is 6. The second-order valence-corrected chi connectivity index (χ2v) is 8.28. The van der Waals surface area contributed by atoms with Gasteiger partial charge in [-0.25, -0.2) is 4.68 Å². The second-order valence-electron chi connectivity index (χ2n) is 7.34. The van der Waals surface area contributed by atoms with Gasteiger partial charge in [-0.1, -0.05) is 48.2 Å². The van der Waals surface area contributed by atoms with Gasteiger partial charge in [0.25, 0.3) is 0 Å². The van der Waals surface area contributed by atoms with Crippen molar-refractivity contribution >= 4 is 29.0 Å². The number of furan rings is 1. The van der Waals surface area contributed by atoms with Crippen LogP contribution in [0.1, 0.15) is 16.9 Å². The molecule has 2 N–H and O–H groups in total. The number of fused-ring (bicyclic) bond motifs is 2. The van der Waals surface area contributed by atoms with E-state index < -0.39 is 0 Å². The Hall–Kier alpha value is -3.52. The van der Waals surface area contributed by atoms with Crippen molar-refractivity contribution in [1.29, 1.82) is 0 Å². The maximum atomic E-state index is 13.4. The molecule has 3 heterocycles. The van der Waals surface area contributed by atoms with Gasteiger partial charge >= 0.3 is 0 Å². The van der Waals surface area contributed by atoms with Crippen LogP contribution in [0.4, 0.5) is 11.4 Å². The molecule has 2 aromatic carbocycles. The quantitative estimate of drug-likeness (QED) is 0.386. The molecule has 4 aromatic rings. The van der Waals surface area contributed by atoms with E-state index in [1.54, 1.807) is 12.3 Å². The van der Waals surface area contributed by atoms with Crippen molar-refractivity contribution < 1.29 is 9.21 Å². The molecule has 0 bridgehead atoms. The average Bonchev–Trinajstić information content (AvgIpc) is 3.31. The van der Waals surface area contributed by atoms with Crippen molar-refractivity contribution in [1.82, 2.24) is 14.9 Å². The molecule has 7 nitrogen and oxygen atoms in total. The van der Waals surface area contributed by atoms with E-state index in [1.807, 2.05) is 48.2 Å². The maximum Gasteiger partial charge on any atom is 0.242 e. The summed E-state index contributed by atoms with van der Waals surface area (Å²) < 4.78 is 6.74. The van der Waals surface area contributed by atoms with Gasteiger partial charge in [0.05, 0.1) is 29.0 Å². The summed E-state index contributed by atoms with van der Waals surface area (Å²) in [4.78, 5) is 15.3. The number of carbonyl (C=O) groups is 1. The van der Waals surface area contributed by atoms with Gasteiger partial charge in [-0.05, 0) is 49.1 Å². The number of thioether (sulfide) groups is 1. The highest BCUT2D eigenvalue weighted by molar-refractivity contribution is 7.99. The van der Waals surface area contributed by atoms with E-state index in [0.29, 0.717) is 16.7 Å². The molecular weight excluding hydrogens is 410 g/mol.